The van der Waals surface area contributed by atoms with Gasteiger partial charge in [-0.15, -0.1) is 6.42 Å². The summed E-state index contributed by atoms with van der Waals surface area (Å²) in [4.78, 5) is 0. The normalized spacial score (nSPS) is 23.1. The number of nitrogens with one attached hydrogen (secondary N) is 1. The lowest BCUT2D eigenvalue weighted by Crippen LogP contribution is -2.20. The molecule has 0 radical (unpaired) electrons. The zero-order valence-electron chi connectivity index (χ0n) is 11.2. The van der Waals surface area contributed by atoms with Gasteiger partial charge in [-0.1, -0.05) is 30.6 Å². The van der Waals surface area contributed by atoms with E-state index in [1.807, 2.05) is 18.2 Å². The Morgan fingerprint density at radius 2 is 2.28 bits per heavy atom. The molecule has 1 aromatic carbocycles. The van der Waals surface area contributed by atoms with Crippen LogP contribution in [0, 0.1) is 24.2 Å². The van der Waals surface area contributed by atoms with Crippen molar-refractivity contribution in [3.63, 3.8) is 0 Å². The monoisotopic (exact) mass is 239 g/mol. The number of benzene rings is 1. The van der Waals surface area contributed by atoms with E-state index in [0.29, 0.717) is 5.92 Å². The molecule has 0 aliphatic heterocycles. The molecule has 1 aliphatic carbocycles. The summed E-state index contributed by atoms with van der Waals surface area (Å²) in [7, 11) is 0. The second-order valence-electron chi connectivity index (χ2n) is 5.40. The van der Waals surface area contributed by atoms with Crippen LogP contribution in [-0.4, -0.2) is 6.54 Å². The highest BCUT2D eigenvalue weighted by Gasteiger charge is 2.17. The first-order chi connectivity index (χ1) is 8.67. The average Bonchev–Trinajstić information content (AvgIpc) is 2.35. The zero-order chi connectivity index (χ0) is 13.0. The molecule has 0 amide bonds. The third kappa shape index (κ3) is 3.40. The van der Waals surface area contributed by atoms with Crippen LogP contribution in [0.25, 0.3) is 0 Å². The maximum atomic E-state index is 5.41. The van der Waals surface area contributed by atoms with E-state index in [9.17, 15) is 0 Å². The molecule has 18 heavy (non-hydrogen) atoms. The Kier molecular flexibility index (Phi) is 4.10. The summed E-state index contributed by atoms with van der Waals surface area (Å²) < 4.78 is 0. The van der Waals surface area contributed by atoms with Crippen molar-refractivity contribution in [3.05, 3.63) is 41.5 Å². The van der Waals surface area contributed by atoms with Crippen molar-refractivity contribution in [2.45, 2.75) is 26.7 Å². The van der Waals surface area contributed by atoms with Gasteiger partial charge in [0.1, 0.15) is 0 Å². The third-order valence-corrected chi connectivity index (χ3v) is 3.51. The molecule has 0 saturated heterocycles. The van der Waals surface area contributed by atoms with Gasteiger partial charge in [0.25, 0.3) is 0 Å². The Morgan fingerprint density at radius 1 is 1.44 bits per heavy atom. The number of hydrogen-bond donors (Lipinski definition) is 1. The molecule has 1 aromatic rings. The SMILES string of the molecule is C#Cc1cccc(NCC2CC(C)=CC(C)C2)c1. The molecule has 0 fully saturated rings. The summed E-state index contributed by atoms with van der Waals surface area (Å²) in [6, 6.07) is 8.08. The smallest absolute Gasteiger partial charge is 0.0352 e. The highest BCUT2D eigenvalue weighted by molar-refractivity contribution is 5.49. The first kappa shape index (κ1) is 12.8. The van der Waals surface area contributed by atoms with Gasteiger partial charge in [0.2, 0.25) is 0 Å². The van der Waals surface area contributed by atoms with Gasteiger partial charge >= 0.3 is 0 Å². The second kappa shape index (κ2) is 5.78. The van der Waals surface area contributed by atoms with Crippen molar-refractivity contribution in [3.8, 4) is 12.3 Å². The molecule has 0 spiro atoms. The minimum atomic E-state index is 0.711. The largest absolute Gasteiger partial charge is 0.385 e. The van der Waals surface area contributed by atoms with E-state index >= 15 is 0 Å². The van der Waals surface area contributed by atoms with Crippen LogP contribution in [0.5, 0.6) is 0 Å². The lowest BCUT2D eigenvalue weighted by Gasteiger charge is -2.26. The van der Waals surface area contributed by atoms with Crippen molar-refractivity contribution in [1.82, 2.24) is 0 Å². The molecule has 1 N–H and O–H groups in total. The predicted octanol–water partition coefficient (Wildman–Crippen LogP) is 4.07. The van der Waals surface area contributed by atoms with E-state index in [1.54, 1.807) is 0 Å². The zero-order valence-corrected chi connectivity index (χ0v) is 11.2. The highest BCUT2D eigenvalue weighted by Crippen LogP contribution is 2.28. The molecule has 2 rings (SSSR count). The maximum absolute atomic E-state index is 5.41. The van der Waals surface area contributed by atoms with E-state index in [1.165, 1.54) is 18.4 Å². The molecule has 0 heterocycles. The average molecular weight is 239 g/mol. The Balaban J connectivity index is 1.92. The number of terminal acetylenes is 1. The van der Waals surface area contributed by atoms with E-state index in [2.05, 4.69) is 37.2 Å². The Morgan fingerprint density at radius 3 is 3.00 bits per heavy atom. The van der Waals surface area contributed by atoms with Crippen LogP contribution in [-0.2, 0) is 0 Å². The van der Waals surface area contributed by atoms with Crippen molar-refractivity contribution in [2.24, 2.45) is 11.8 Å². The fourth-order valence-corrected chi connectivity index (χ4v) is 2.82. The molecule has 0 bridgehead atoms. The number of hydrogen-bond acceptors (Lipinski definition) is 1. The van der Waals surface area contributed by atoms with Crippen LogP contribution in [0.1, 0.15) is 32.3 Å². The van der Waals surface area contributed by atoms with Crippen molar-refractivity contribution in [2.75, 3.05) is 11.9 Å². The second-order valence-corrected chi connectivity index (χ2v) is 5.40. The minimum Gasteiger partial charge on any atom is -0.385 e. The molecule has 1 heteroatoms. The first-order valence-corrected chi connectivity index (χ1v) is 6.65. The number of rotatable bonds is 3. The van der Waals surface area contributed by atoms with E-state index in [4.69, 9.17) is 6.42 Å². The maximum Gasteiger partial charge on any atom is 0.0352 e. The number of allylic oxidation sites excluding steroid dienone is 2. The summed E-state index contributed by atoms with van der Waals surface area (Å²) in [5.74, 6) is 4.12. The lowest BCUT2D eigenvalue weighted by molar-refractivity contribution is 0.421. The summed E-state index contributed by atoms with van der Waals surface area (Å²) >= 11 is 0. The van der Waals surface area contributed by atoms with Crippen LogP contribution in [0.3, 0.4) is 0 Å². The quantitative estimate of drug-likeness (QED) is 0.619. The van der Waals surface area contributed by atoms with Gasteiger partial charge < -0.3 is 5.32 Å². The standard InChI is InChI=1S/C17H21N/c1-4-15-6-5-7-17(11-15)18-12-16-9-13(2)8-14(3)10-16/h1,5-8,11,13,16,18H,9-10,12H2,2-3H3. The van der Waals surface area contributed by atoms with Gasteiger partial charge in [-0.3, -0.25) is 0 Å². The first-order valence-electron chi connectivity index (χ1n) is 6.65. The molecule has 2 atom stereocenters. The highest BCUT2D eigenvalue weighted by atomic mass is 14.9. The van der Waals surface area contributed by atoms with Crippen LogP contribution >= 0.6 is 0 Å². The molecular formula is C17H21N. The molecule has 0 saturated carbocycles. The molecule has 0 aromatic heterocycles. The topological polar surface area (TPSA) is 12.0 Å². The van der Waals surface area contributed by atoms with Gasteiger partial charge in [0.15, 0.2) is 0 Å². The van der Waals surface area contributed by atoms with Crippen molar-refractivity contribution >= 4 is 5.69 Å². The third-order valence-electron chi connectivity index (χ3n) is 3.51. The number of anilines is 1. The van der Waals surface area contributed by atoms with Gasteiger partial charge in [-0.2, -0.15) is 0 Å². The molecular weight excluding hydrogens is 218 g/mol. The van der Waals surface area contributed by atoms with Gasteiger partial charge in [0, 0.05) is 17.8 Å². The van der Waals surface area contributed by atoms with Gasteiger partial charge in [0.05, 0.1) is 0 Å². The Bertz CT molecular complexity index is 479. The fraction of sp³-hybridized carbons (Fsp3) is 0.412. The van der Waals surface area contributed by atoms with Crippen molar-refractivity contribution in [1.29, 1.82) is 0 Å². The van der Waals surface area contributed by atoms with Crippen LogP contribution in [0.15, 0.2) is 35.9 Å². The molecule has 1 aliphatic rings. The Labute approximate surface area is 110 Å². The predicted molar refractivity (Wildman–Crippen MR) is 78.5 cm³/mol. The van der Waals surface area contributed by atoms with Crippen molar-refractivity contribution < 1.29 is 0 Å². The van der Waals surface area contributed by atoms with Crippen LogP contribution in [0.2, 0.25) is 0 Å². The molecule has 2 unspecified atom stereocenters. The van der Waals surface area contributed by atoms with Gasteiger partial charge in [-0.25, -0.2) is 0 Å². The van der Waals surface area contributed by atoms with Gasteiger partial charge in [-0.05, 0) is 49.8 Å². The van der Waals surface area contributed by atoms with Crippen LogP contribution in [0.4, 0.5) is 5.69 Å². The van der Waals surface area contributed by atoms with Crippen LogP contribution < -0.4 is 5.32 Å². The summed E-state index contributed by atoms with van der Waals surface area (Å²) in [6.07, 6.45) is 10.3. The lowest BCUT2D eigenvalue weighted by atomic mass is 9.84. The molecule has 1 nitrogen and oxygen atoms in total. The molecule has 94 valence electrons. The summed E-state index contributed by atoms with van der Waals surface area (Å²) in [6.45, 7) is 5.57. The fourth-order valence-electron chi connectivity index (χ4n) is 2.82. The minimum absolute atomic E-state index is 0.711. The summed E-state index contributed by atoms with van der Waals surface area (Å²) in [5.41, 5.74) is 3.59. The van der Waals surface area contributed by atoms with E-state index in [-0.39, 0.29) is 0 Å². The summed E-state index contributed by atoms with van der Waals surface area (Å²) in [5, 5.41) is 3.51. The van der Waals surface area contributed by atoms with E-state index in [0.717, 1.165) is 23.7 Å². The van der Waals surface area contributed by atoms with E-state index < -0.39 is 0 Å². The Hall–Kier alpha value is -1.68.